The van der Waals surface area contributed by atoms with Crippen LogP contribution < -0.4 is 0 Å². The van der Waals surface area contributed by atoms with Crippen LogP contribution in [-0.4, -0.2) is 0 Å². The lowest BCUT2D eigenvalue weighted by atomic mass is 9.97. The van der Waals surface area contributed by atoms with Gasteiger partial charge in [-0.15, -0.1) is 0 Å². The molecule has 0 fully saturated rings. The minimum atomic E-state index is 1.16. The molecule has 0 radical (unpaired) electrons. The van der Waals surface area contributed by atoms with E-state index in [9.17, 15) is 0 Å². The highest BCUT2D eigenvalue weighted by Crippen LogP contribution is 2.20. The quantitative estimate of drug-likeness (QED) is 0.434. The molecule has 0 N–H and O–H groups in total. The van der Waals surface area contributed by atoms with Gasteiger partial charge in [0.05, 0.1) is 0 Å². The summed E-state index contributed by atoms with van der Waals surface area (Å²) < 4.78 is 0. The van der Waals surface area contributed by atoms with Crippen molar-refractivity contribution in [2.45, 2.75) is 39.0 Å². The number of hydrogen-bond acceptors (Lipinski definition) is 0. The molecular weight excluding hydrogens is 144 g/mol. The second-order valence-corrected chi connectivity index (χ2v) is 3.27. The maximum absolute atomic E-state index is 2.41. The Labute approximate surface area is 75.7 Å². The minimum absolute atomic E-state index is 1.16. The second-order valence-electron chi connectivity index (χ2n) is 3.27. The Morgan fingerprint density at radius 2 is 2.25 bits per heavy atom. The Hall–Kier alpha value is -0.780. The summed E-state index contributed by atoms with van der Waals surface area (Å²) in [5, 5.41) is 0. The molecule has 0 heteroatoms. The van der Waals surface area contributed by atoms with Crippen molar-refractivity contribution in [3.05, 3.63) is 36.0 Å². The van der Waals surface area contributed by atoms with Gasteiger partial charge in [-0.05, 0) is 39.0 Å². The van der Waals surface area contributed by atoms with Crippen LogP contribution in [0, 0.1) is 0 Å². The first-order valence-electron chi connectivity index (χ1n) is 4.89. The van der Waals surface area contributed by atoms with Crippen LogP contribution in [0.1, 0.15) is 39.0 Å². The summed E-state index contributed by atoms with van der Waals surface area (Å²) in [5.41, 5.74) is 1.63. The zero-order valence-corrected chi connectivity index (χ0v) is 7.92. The third-order valence-corrected chi connectivity index (χ3v) is 2.20. The van der Waals surface area contributed by atoms with Gasteiger partial charge >= 0.3 is 0 Å². The average Bonchev–Trinajstić information content (AvgIpc) is 2.14. The molecule has 1 rings (SSSR count). The molecule has 0 spiro atoms. The topological polar surface area (TPSA) is 0 Å². The molecule has 0 saturated carbocycles. The van der Waals surface area contributed by atoms with E-state index in [1.807, 2.05) is 6.92 Å². The Morgan fingerprint density at radius 1 is 1.33 bits per heavy atom. The highest BCUT2D eigenvalue weighted by molar-refractivity contribution is 5.12. The van der Waals surface area contributed by atoms with Crippen molar-refractivity contribution in [1.82, 2.24) is 0 Å². The molecule has 0 saturated heterocycles. The summed E-state index contributed by atoms with van der Waals surface area (Å²) in [5.74, 6) is 0. The Bertz CT molecular complexity index is 194. The van der Waals surface area contributed by atoms with E-state index in [1.54, 1.807) is 5.57 Å². The van der Waals surface area contributed by atoms with Crippen LogP contribution in [0.4, 0.5) is 0 Å². The van der Waals surface area contributed by atoms with E-state index < -0.39 is 0 Å². The number of rotatable bonds is 3. The smallest absolute Gasteiger partial charge is 0.0136 e. The molecular formula is C12H18. The summed E-state index contributed by atoms with van der Waals surface area (Å²) in [6.07, 6.45) is 17.5. The van der Waals surface area contributed by atoms with Crippen molar-refractivity contribution < 1.29 is 0 Å². The standard InChI is InChI=1S/C12H18/c1-2-3-4-6-9-12-10-7-5-8-11-12/h2-4,6,10H,5,7-9,11H2,1H3/b3-2-,6-4-. The van der Waals surface area contributed by atoms with E-state index in [0.29, 0.717) is 0 Å². The Morgan fingerprint density at radius 3 is 2.92 bits per heavy atom. The van der Waals surface area contributed by atoms with Gasteiger partial charge < -0.3 is 0 Å². The molecule has 1 aliphatic rings. The SMILES string of the molecule is C/C=C\C=C/CC1=CCCCC1. The van der Waals surface area contributed by atoms with Gasteiger partial charge in [-0.1, -0.05) is 36.0 Å². The molecule has 0 aromatic carbocycles. The van der Waals surface area contributed by atoms with E-state index in [1.165, 1.54) is 25.7 Å². The van der Waals surface area contributed by atoms with Crippen molar-refractivity contribution in [1.29, 1.82) is 0 Å². The Balaban J connectivity index is 2.25. The van der Waals surface area contributed by atoms with Crippen LogP contribution in [0.5, 0.6) is 0 Å². The van der Waals surface area contributed by atoms with Crippen molar-refractivity contribution in [2.75, 3.05) is 0 Å². The van der Waals surface area contributed by atoms with Crippen molar-refractivity contribution in [3.63, 3.8) is 0 Å². The molecule has 0 aromatic heterocycles. The fourth-order valence-corrected chi connectivity index (χ4v) is 1.50. The lowest BCUT2D eigenvalue weighted by Crippen LogP contribution is -1.89. The predicted molar refractivity (Wildman–Crippen MR) is 55.1 cm³/mol. The molecule has 0 heterocycles. The van der Waals surface area contributed by atoms with Crippen LogP contribution in [0.2, 0.25) is 0 Å². The van der Waals surface area contributed by atoms with Gasteiger partial charge in [0, 0.05) is 0 Å². The summed E-state index contributed by atoms with van der Waals surface area (Å²) >= 11 is 0. The summed E-state index contributed by atoms with van der Waals surface area (Å²) in [6, 6.07) is 0. The molecule has 0 aromatic rings. The van der Waals surface area contributed by atoms with Crippen molar-refractivity contribution in [2.24, 2.45) is 0 Å². The fourth-order valence-electron chi connectivity index (χ4n) is 1.50. The van der Waals surface area contributed by atoms with Crippen LogP contribution >= 0.6 is 0 Å². The zero-order chi connectivity index (χ0) is 8.65. The van der Waals surface area contributed by atoms with Gasteiger partial charge in [-0.25, -0.2) is 0 Å². The van der Waals surface area contributed by atoms with Gasteiger partial charge in [0.1, 0.15) is 0 Å². The Kier molecular flexibility index (Phi) is 4.51. The largest absolute Gasteiger partial charge is 0.0877 e. The lowest BCUT2D eigenvalue weighted by Gasteiger charge is -2.09. The molecule has 0 amide bonds. The third kappa shape index (κ3) is 3.56. The second kappa shape index (κ2) is 5.82. The van der Waals surface area contributed by atoms with E-state index in [4.69, 9.17) is 0 Å². The van der Waals surface area contributed by atoms with E-state index >= 15 is 0 Å². The molecule has 0 aliphatic heterocycles. The van der Waals surface area contributed by atoms with Crippen LogP contribution in [0.3, 0.4) is 0 Å². The first kappa shape index (κ1) is 9.31. The van der Waals surface area contributed by atoms with Gasteiger partial charge in [0.15, 0.2) is 0 Å². The van der Waals surface area contributed by atoms with Gasteiger partial charge in [0.2, 0.25) is 0 Å². The van der Waals surface area contributed by atoms with Crippen LogP contribution in [0.25, 0.3) is 0 Å². The summed E-state index contributed by atoms with van der Waals surface area (Å²) in [7, 11) is 0. The van der Waals surface area contributed by atoms with Crippen molar-refractivity contribution >= 4 is 0 Å². The first-order valence-corrected chi connectivity index (χ1v) is 4.89. The van der Waals surface area contributed by atoms with E-state index in [-0.39, 0.29) is 0 Å². The maximum atomic E-state index is 2.41. The van der Waals surface area contributed by atoms with E-state index in [0.717, 1.165) is 6.42 Å². The number of hydrogen-bond donors (Lipinski definition) is 0. The monoisotopic (exact) mass is 162 g/mol. The molecule has 12 heavy (non-hydrogen) atoms. The predicted octanol–water partition coefficient (Wildman–Crippen LogP) is 4.01. The highest BCUT2D eigenvalue weighted by atomic mass is 14.1. The highest BCUT2D eigenvalue weighted by Gasteiger charge is 2.00. The lowest BCUT2D eigenvalue weighted by molar-refractivity contribution is 0.691. The van der Waals surface area contributed by atoms with Gasteiger partial charge in [0.25, 0.3) is 0 Å². The summed E-state index contributed by atoms with van der Waals surface area (Å²) in [6.45, 7) is 2.05. The van der Waals surface area contributed by atoms with Crippen LogP contribution in [-0.2, 0) is 0 Å². The van der Waals surface area contributed by atoms with Gasteiger partial charge in [-0.3, -0.25) is 0 Å². The average molecular weight is 162 g/mol. The third-order valence-electron chi connectivity index (χ3n) is 2.20. The number of allylic oxidation sites excluding steroid dienone is 6. The molecule has 0 atom stereocenters. The summed E-state index contributed by atoms with van der Waals surface area (Å²) in [4.78, 5) is 0. The molecule has 1 aliphatic carbocycles. The molecule has 0 bridgehead atoms. The maximum Gasteiger partial charge on any atom is -0.0136 e. The van der Waals surface area contributed by atoms with Crippen molar-refractivity contribution in [3.8, 4) is 0 Å². The van der Waals surface area contributed by atoms with E-state index in [2.05, 4.69) is 30.4 Å². The minimum Gasteiger partial charge on any atom is -0.0877 e. The van der Waals surface area contributed by atoms with Gasteiger partial charge in [-0.2, -0.15) is 0 Å². The fraction of sp³-hybridized carbons (Fsp3) is 0.500. The molecule has 0 nitrogen and oxygen atoms in total. The normalized spacial score (nSPS) is 18.9. The first-order chi connectivity index (χ1) is 5.93. The van der Waals surface area contributed by atoms with Crippen LogP contribution in [0.15, 0.2) is 36.0 Å². The molecule has 0 unspecified atom stereocenters. The molecule has 66 valence electrons. The zero-order valence-electron chi connectivity index (χ0n) is 7.92.